The van der Waals surface area contributed by atoms with E-state index < -0.39 is 0 Å². The van der Waals surface area contributed by atoms with Gasteiger partial charge in [-0.1, -0.05) is 29.3 Å². The highest BCUT2D eigenvalue weighted by Gasteiger charge is 2.27. The van der Waals surface area contributed by atoms with Gasteiger partial charge in [0, 0.05) is 32.2 Å². The molecular weight excluding hydrogens is 419 g/mol. The number of carbonyl (C=O) groups excluding carboxylic acids is 2. The summed E-state index contributed by atoms with van der Waals surface area (Å²) in [7, 11) is 0. The number of halogens is 3. The Kier molecular flexibility index (Phi) is 5.18. The summed E-state index contributed by atoms with van der Waals surface area (Å²) < 4.78 is 5.60. The topological polar surface area (TPSA) is 53.8 Å². The van der Waals surface area contributed by atoms with Crippen LogP contribution in [0.5, 0.6) is 0 Å². The van der Waals surface area contributed by atoms with Gasteiger partial charge in [0.1, 0.15) is 6.26 Å². The molecule has 2 amide bonds. The van der Waals surface area contributed by atoms with E-state index in [1.807, 2.05) is 0 Å². The number of hydrogen-bond acceptors (Lipinski definition) is 3. The lowest BCUT2D eigenvalue weighted by Crippen LogP contribution is -2.50. The van der Waals surface area contributed by atoms with Crippen molar-refractivity contribution in [3.8, 4) is 0 Å². The lowest BCUT2D eigenvalue weighted by Gasteiger charge is -2.34. The minimum atomic E-state index is -0.180. The summed E-state index contributed by atoms with van der Waals surface area (Å²) in [6.07, 6.45) is 1.41. The summed E-state index contributed by atoms with van der Waals surface area (Å²) in [4.78, 5) is 28.3. The maximum absolute atomic E-state index is 12.6. The van der Waals surface area contributed by atoms with Gasteiger partial charge < -0.3 is 14.2 Å². The van der Waals surface area contributed by atoms with Crippen LogP contribution in [0.15, 0.2) is 39.6 Å². The quantitative estimate of drug-likeness (QED) is 0.723. The molecule has 1 saturated heterocycles. The molecule has 0 atom stereocenters. The third kappa shape index (κ3) is 3.45. The molecule has 0 N–H and O–H groups in total. The highest BCUT2D eigenvalue weighted by molar-refractivity contribution is 9.10. The van der Waals surface area contributed by atoms with E-state index >= 15 is 0 Å². The molecule has 0 saturated carbocycles. The van der Waals surface area contributed by atoms with Crippen molar-refractivity contribution in [2.24, 2.45) is 0 Å². The number of furan rings is 1. The first-order chi connectivity index (χ1) is 11.5. The van der Waals surface area contributed by atoms with Crippen molar-refractivity contribution in [3.63, 3.8) is 0 Å². The number of benzene rings is 1. The van der Waals surface area contributed by atoms with Gasteiger partial charge in [-0.3, -0.25) is 9.59 Å². The molecule has 8 heteroatoms. The lowest BCUT2D eigenvalue weighted by atomic mass is 10.1. The molecule has 0 unspecified atom stereocenters. The van der Waals surface area contributed by atoms with Crippen LogP contribution in [0.3, 0.4) is 0 Å². The van der Waals surface area contributed by atoms with Crippen LogP contribution in [0.2, 0.25) is 10.0 Å². The fourth-order valence-corrected chi connectivity index (χ4v) is 3.28. The van der Waals surface area contributed by atoms with E-state index in [-0.39, 0.29) is 16.8 Å². The number of rotatable bonds is 2. The Bertz CT molecular complexity index is 785. The SMILES string of the molecule is O=C(c1coc(Br)c1)N1CCN(C(=O)c2cccc(Cl)c2Cl)CC1. The molecule has 1 aromatic heterocycles. The van der Waals surface area contributed by atoms with Crippen LogP contribution in [-0.2, 0) is 0 Å². The summed E-state index contributed by atoms with van der Waals surface area (Å²) >= 11 is 15.3. The Morgan fingerprint density at radius 3 is 2.25 bits per heavy atom. The molecule has 0 spiro atoms. The van der Waals surface area contributed by atoms with Gasteiger partial charge in [0.05, 0.1) is 21.2 Å². The van der Waals surface area contributed by atoms with Crippen LogP contribution in [0, 0.1) is 0 Å². The fourth-order valence-electron chi connectivity index (χ4n) is 2.56. The van der Waals surface area contributed by atoms with E-state index in [1.165, 1.54) is 6.26 Å². The molecule has 1 aromatic carbocycles. The van der Waals surface area contributed by atoms with Gasteiger partial charge >= 0.3 is 0 Å². The van der Waals surface area contributed by atoms with Crippen molar-refractivity contribution < 1.29 is 14.0 Å². The Labute approximate surface area is 157 Å². The fraction of sp³-hybridized carbons (Fsp3) is 0.250. The number of piperazine rings is 1. The first kappa shape index (κ1) is 17.3. The van der Waals surface area contributed by atoms with Crippen molar-refractivity contribution in [1.29, 1.82) is 0 Å². The van der Waals surface area contributed by atoms with Crippen LogP contribution >= 0.6 is 39.1 Å². The third-order valence-corrected chi connectivity index (χ3v) is 5.09. The first-order valence-corrected chi connectivity index (χ1v) is 8.79. The van der Waals surface area contributed by atoms with Crippen molar-refractivity contribution in [2.45, 2.75) is 0 Å². The minimum Gasteiger partial charge on any atom is -0.457 e. The molecule has 2 heterocycles. The second-order valence-corrected chi connectivity index (χ2v) is 6.89. The zero-order valence-electron chi connectivity index (χ0n) is 12.5. The maximum atomic E-state index is 12.6. The van der Waals surface area contributed by atoms with E-state index in [4.69, 9.17) is 27.6 Å². The number of hydrogen-bond donors (Lipinski definition) is 0. The first-order valence-electron chi connectivity index (χ1n) is 7.24. The highest BCUT2D eigenvalue weighted by atomic mass is 79.9. The van der Waals surface area contributed by atoms with Gasteiger partial charge in [-0.05, 0) is 28.1 Å². The van der Waals surface area contributed by atoms with Crippen LogP contribution in [0.25, 0.3) is 0 Å². The van der Waals surface area contributed by atoms with E-state index in [2.05, 4.69) is 15.9 Å². The maximum Gasteiger partial charge on any atom is 0.257 e. The van der Waals surface area contributed by atoms with E-state index in [0.717, 1.165) is 0 Å². The normalized spacial score (nSPS) is 14.8. The Balaban J connectivity index is 1.65. The van der Waals surface area contributed by atoms with Crippen molar-refractivity contribution in [3.05, 3.63) is 56.4 Å². The number of carbonyl (C=O) groups is 2. The number of amides is 2. The van der Waals surface area contributed by atoms with Gasteiger partial charge in [-0.25, -0.2) is 0 Å². The monoisotopic (exact) mass is 430 g/mol. The largest absolute Gasteiger partial charge is 0.457 e. The summed E-state index contributed by atoms with van der Waals surface area (Å²) in [5.41, 5.74) is 0.863. The number of nitrogens with zero attached hydrogens (tertiary/aromatic N) is 2. The van der Waals surface area contributed by atoms with Gasteiger partial charge in [0.15, 0.2) is 4.67 Å². The minimum absolute atomic E-state index is 0.114. The Hall–Kier alpha value is -1.50. The molecule has 24 heavy (non-hydrogen) atoms. The van der Waals surface area contributed by atoms with E-state index in [1.54, 1.807) is 34.1 Å². The summed E-state index contributed by atoms with van der Waals surface area (Å²) in [6, 6.07) is 6.61. The lowest BCUT2D eigenvalue weighted by molar-refractivity contribution is 0.0535. The predicted octanol–water partition coefficient (Wildman–Crippen LogP) is 3.95. The smallest absolute Gasteiger partial charge is 0.257 e. The summed E-state index contributed by atoms with van der Waals surface area (Å²) in [5, 5.41) is 0.604. The molecule has 0 aliphatic carbocycles. The average Bonchev–Trinajstić information content (AvgIpc) is 3.03. The van der Waals surface area contributed by atoms with Crippen molar-refractivity contribution in [1.82, 2.24) is 9.80 Å². The standard InChI is InChI=1S/C16H13BrCl2N2O3/c17-13-8-10(9-24-13)15(22)20-4-6-21(7-5-20)16(23)11-2-1-3-12(18)14(11)19/h1-3,8-9H,4-7H2. The van der Waals surface area contributed by atoms with Gasteiger partial charge in [0.2, 0.25) is 0 Å². The molecule has 0 radical (unpaired) electrons. The average molecular weight is 432 g/mol. The Morgan fingerprint density at radius 2 is 1.67 bits per heavy atom. The Morgan fingerprint density at radius 1 is 1.04 bits per heavy atom. The molecule has 0 bridgehead atoms. The summed E-state index contributed by atoms with van der Waals surface area (Å²) in [6.45, 7) is 1.77. The molecular formula is C16H13BrCl2N2O3. The molecule has 126 valence electrons. The van der Waals surface area contributed by atoms with Gasteiger partial charge in [-0.15, -0.1) is 0 Å². The van der Waals surface area contributed by atoms with Crippen LogP contribution in [-0.4, -0.2) is 47.8 Å². The molecule has 1 aliphatic rings. The molecule has 2 aromatic rings. The van der Waals surface area contributed by atoms with E-state index in [9.17, 15) is 9.59 Å². The second-order valence-electron chi connectivity index (χ2n) is 5.33. The molecule has 3 rings (SSSR count). The van der Waals surface area contributed by atoms with Crippen LogP contribution < -0.4 is 0 Å². The predicted molar refractivity (Wildman–Crippen MR) is 94.7 cm³/mol. The van der Waals surface area contributed by atoms with Gasteiger partial charge in [-0.2, -0.15) is 0 Å². The third-order valence-electron chi connectivity index (χ3n) is 3.85. The zero-order chi connectivity index (χ0) is 17.3. The molecule has 1 fully saturated rings. The summed E-state index contributed by atoms with van der Waals surface area (Å²) in [5.74, 6) is -0.294. The van der Waals surface area contributed by atoms with Crippen molar-refractivity contribution in [2.75, 3.05) is 26.2 Å². The van der Waals surface area contributed by atoms with Crippen LogP contribution in [0.4, 0.5) is 0 Å². The molecule has 1 aliphatic heterocycles. The highest BCUT2D eigenvalue weighted by Crippen LogP contribution is 2.27. The second kappa shape index (κ2) is 7.17. The molecule has 5 nitrogen and oxygen atoms in total. The van der Waals surface area contributed by atoms with Gasteiger partial charge in [0.25, 0.3) is 11.8 Å². The van der Waals surface area contributed by atoms with Crippen molar-refractivity contribution >= 4 is 50.9 Å². The zero-order valence-corrected chi connectivity index (χ0v) is 15.6. The van der Waals surface area contributed by atoms with Crippen LogP contribution in [0.1, 0.15) is 20.7 Å². The van der Waals surface area contributed by atoms with E-state index in [0.29, 0.717) is 47.0 Å².